The lowest BCUT2D eigenvalue weighted by Crippen LogP contribution is -2.51. The topological polar surface area (TPSA) is 217 Å². The van der Waals surface area contributed by atoms with Gasteiger partial charge in [-0.15, -0.1) is 0 Å². The summed E-state index contributed by atoms with van der Waals surface area (Å²) in [5.41, 5.74) is 6.49. The predicted molar refractivity (Wildman–Crippen MR) is 212 cm³/mol. The van der Waals surface area contributed by atoms with E-state index < -0.39 is 64.8 Å². The zero-order valence-electron chi connectivity index (χ0n) is 33.4. The largest absolute Gasteiger partial charge is 0.469 e. The molecule has 14 heteroatoms. The molecule has 4 amide bonds. The fourth-order valence-corrected chi connectivity index (χ4v) is 5.97. The number of Topliss-reactive ketones (excluding diaryl/α,β-unsaturated/α-hetero) is 2. The third-order valence-electron chi connectivity index (χ3n) is 9.05. The number of nitrogens with one attached hydrogen (secondary N) is 3. The van der Waals surface area contributed by atoms with Gasteiger partial charge < -0.3 is 31.2 Å². The van der Waals surface area contributed by atoms with Crippen molar-refractivity contribution < 1.29 is 47.8 Å². The van der Waals surface area contributed by atoms with Crippen LogP contribution in [-0.4, -0.2) is 73.4 Å². The SMILES string of the molecule is CCC(=O)N[C@H](CC(=O)NC(c1ccccc1)(c1ccccc1)c1ccccc1)C(=O)C[C@@H](C)C(=O)OC.CCC(=O)N[C@H](CC(N)=O)C(=O)C[C@@H](C)C(=O)OC. The van der Waals surface area contributed by atoms with Crippen LogP contribution in [-0.2, 0) is 53.4 Å². The standard InChI is InChI=1S/C31H34N2O5.C12H20N2O5/c1-4-28(35)32-26(27(34)20-22(2)30(37)38-3)21-29(36)33-31(23-14-8-5-9-15-23,24-16-10-6-11-17-24)25-18-12-7-13-19-25;1-4-11(17)14-8(6-10(13)16)9(15)5-7(2)12(18)19-3/h5-19,22,26H,4,20-21H2,1-3H3,(H,32,35)(H,33,36);7-8H,4-6H2,1-3H3,(H2,13,16)(H,14,17)/t22-,26-;7-,8-/m11/s1. The van der Waals surface area contributed by atoms with Crippen LogP contribution in [0.1, 0.15) is 82.9 Å². The first-order valence-electron chi connectivity index (χ1n) is 18.7. The number of hydrogen-bond acceptors (Lipinski definition) is 10. The Hall–Kier alpha value is -6.18. The second-order valence-electron chi connectivity index (χ2n) is 13.4. The fourth-order valence-electron chi connectivity index (χ4n) is 5.97. The van der Waals surface area contributed by atoms with E-state index in [2.05, 4.69) is 20.7 Å². The van der Waals surface area contributed by atoms with Gasteiger partial charge in [-0.1, -0.05) is 119 Å². The minimum Gasteiger partial charge on any atom is -0.469 e. The third kappa shape index (κ3) is 14.4. The van der Waals surface area contributed by atoms with E-state index in [1.807, 2.05) is 91.0 Å². The molecule has 0 bridgehead atoms. The van der Waals surface area contributed by atoms with Gasteiger partial charge in [-0.05, 0) is 16.7 Å². The van der Waals surface area contributed by atoms with Crippen LogP contribution in [0.4, 0.5) is 0 Å². The van der Waals surface area contributed by atoms with E-state index in [0.717, 1.165) is 16.7 Å². The molecular formula is C43H54N4O10. The summed E-state index contributed by atoms with van der Waals surface area (Å²) in [7, 11) is 2.48. The van der Waals surface area contributed by atoms with Crippen LogP contribution >= 0.6 is 0 Å². The van der Waals surface area contributed by atoms with Gasteiger partial charge in [0.2, 0.25) is 23.6 Å². The number of hydrogen-bond donors (Lipinski definition) is 4. The fraction of sp³-hybridized carbons (Fsp3) is 0.395. The number of primary amides is 1. The van der Waals surface area contributed by atoms with Gasteiger partial charge in [0, 0.05) is 25.7 Å². The number of nitrogens with two attached hydrogens (primary N) is 1. The van der Waals surface area contributed by atoms with Crippen LogP contribution in [0.2, 0.25) is 0 Å². The number of carbonyl (C=O) groups is 8. The Morgan fingerprint density at radius 1 is 0.544 bits per heavy atom. The first-order chi connectivity index (χ1) is 27.1. The first kappa shape index (κ1) is 47.0. The molecule has 57 heavy (non-hydrogen) atoms. The molecule has 0 saturated heterocycles. The van der Waals surface area contributed by atoms with Gasteiger partial charge in [0.25, 0.3) is 0 Å². The molecule has 0 fully saturated rings. The van der Waals surface area contributed by atoms with Crippen molar-refractivity contribution >= 4 is 47.1 Å². The second kappa shape index (κ2) is 23.7. The van der Waals surface area contributed by atoms with Crippen LogP contribution in [0.25, 0.3) is 0 Å². The highest BCUT2D eigenvalue weighted by atomic mass is 16.5. The van der Waals surface area contributed by atoms with Crippen molar-refractivity contribution in [3.63, 3.8) is 0 Å². The summed E-state index contributed by atoms with van der Waals surface area (Å²) in [5.74, 6) is -5.05. The van der Waals surface area contributed by atoms with E-state index in [1.165, 1.54) is 21.1 Å². The average molecular weight is 787 g/mol. The molecule has 4 atom stereocenters. The van der Waals surface area contributed by atoms with Gasteiger partial charge in [-0.3, -0.25) is 38.4 Å². The maximum atomic E-state index is 13.7. The molecule has 14 nitrogen and oxygen atoms in total. The molecule has 0 heterocycles. The smallest absolute Gasteiger partial charge is 0.308 e. The van der Waals surface area contributed by atoms with Crippen LogP contribution < -0.4 is 21.7 Å². The lowest BCUT2D eigenvalue weighted by atomic mass is 9.76. The number of benzene rings is 3. The van der Waals surface area contributed by atoms with Crippen molar-refractivity contribution in [1.29, 1.82) is 0 Å². The molecule has 0 aliphatic heterocycles. The molecule has 3 rings (SSSR count). The summed E-state index contributed by atoms with van der Waals surface area (Å²) in [6.45, 7) is 6.40. The van der Waals surface area contributed by atoms with Gasteiger partial charge in [0.1, 0.15) is 5.54 Å². The first-order valence-corrected chi connectivity index (χ1v) is 18.7. The molecule has 0 saturated carbocycles. The molecule has 0 aromatic heterocycles. The Kier molecular flexibility index (Phi) is 19.5. The average Bonchev–Trinajstić information content (AvgIpc) is 3.22. The number of methoxy groups -OCH3 is 2. The highest BCUT2D eigenvalue weighted by Crippen LogP contribution is 2.37. The Morgan fingerprint density at radius 2 is 0.877 bits per heavy atom. The van der Waals surface area contributed by atoms with E-state index in [1.54, 1.807) is 20.8 Å². The molecule has 0 radical (unpaired) electrons. The summed E-state index contributed by atoms with van der Waals surface area (Å²) in [6, 6.07) is 26.7. The Bertz CT molecular complexity index is 1720. The van der Waals surface area contributed by atoms with Crippen molar-refractivity contribution in [3.05, 3.63) is 108 Å². The highest BCUT2D eigenvalue weighted by Gasteiger charge is 2.39. The molecule has 306 valence electrons. The third-order valence-corrected chi connectivity index (χ3v) is 9.05. The number of esters is 2. The number of carbonyl (C=O) groups excluding carboxylic acids is 8. The quantitative estimate of drug-likeness (QED) is 0.0963. The molecule has 0 spiro atoms. The Balaban J connectivity index is 0.000000499. The Labute approximate surface area is 333 Å². The predicted octanol–water partition coefficient (Wildman–Crippen LogP) is 3.67. The van der Waals surface area contributed by atoms with Crippen LogP contribution in [0.5, 0.6) is 0 Å². The van der Waals surface area contributed by atoms with Gasteiger partial charge in [-0.25, -0.2) is 0 Å². The van der Waals surface area contributed by atoms with Gasteiger partial charge in [0.15, 0.2) is 11.6 Å². The number of amides is 4. The van der Waals surface area contributed by atoms with E-state index in [9.17, 15) is 38.4 Å². The van der Waals surface area contributed by atoms with Crippen LogP contribution in [0.3, 0.4) is 0 Å². The number of rotatable bonds is 20. The summed E-state index contributed by atoms with van der Waals surface area (Å²) in [5, 5.41) is 8.29. The van der Waals surface area contributed by atoms with Crippen molar-refractivity contribution in [2.75, 3.05) is 14.2 Å². The summed E-state index contributed by atoms with van der Waals surface area (Å²) in [4.78, 5) is 96.3. The summed E-state index contributed by atoms with van der Waals surface area (Å²) >= 11 is 0. The molecule has 0 aliphatic rings. The van der Waals surface area contributed by atoms with Crippen LogP contribution in [0.15, 0.2) is 91.0 Å². The van der Waals surface area contributed by atoms with Crippen molar-refractivity contribution in [2.45, 2.75) is 83.8 Å². The lowest BCUT2D eigenvalue weighted by Gasteiger charge is -2.37. The summed E-state index contributed by atoms with van der Waals surface area (Å²) in [6.07, 6.45) is -0.495. The molecule has 5 N–H and O–H groups in total. The maximum absolute atomic E-state index is 13.7. The maximum Gasteiger partial charge on any atom is 0.308 e. The lowest BCUT2D eigenvalue weighted by molar-refractivity contribution is -0.147. The molecule has 0 aliphatic carbocycles. The molecule has 3 aromatic carbocycles. The minimum absolute atomic E-state index is 0.116. The van der Waals surface area contributed by atoms with Crippen molar-refractivity contribution in [2.24, 2.45) is 17.6 Å². The molecule has 3 aromatic rings. The minimum atomic E-state index is -1.09. The molecule has 0 unspecified atom stereocenters. The van der Waals surface area contributed by atoms with Crippen molar-refractivity contribution in [1.82, 2.24) is 16.0 Å². The second-order valence-corrected chi connectivity index (χ2v) is 13.4. The Morgan fingerprint density at radius 3 is 1.18 bits per heavy atom. The van der Waals surface area contributed by atoms with Crippen LogP contribution in [0, 0.1) is 11.8 Å². The van der Waals surface area contributed by atoms with E-state index in [0.29, 0.717) is 0 Å². The monoisotopic (exact) mass is 786 g/mol. The van der Waals surface area contributed by atoms with Gasteiger partial charge >= 0.3 is 11.9 Å². The van der Waals surface area contributed by atoms with Crippen molar-refractivity contribution in [3.8, 4) is 0 Å². The van der Waals surface area contributed by atoms with Gasteiger partial charge in [-0.2, -0.15) is 0 Å². The number of ether oxygens (including phenoxy) is 2. The van der Waals surface area contributed by atoms with E-state index >= 15 is 0 Å². The molecular weight excluding hydrogens is 732 g/mol. The highest BCUT2D eigenvalue weighted by molar-refractivity contribution is 5.96. The normalized spacial score (nSPS) is 12.8. The zero-order chi connectivity index (χ0) is 42.5. The summed E-state index contributed by atoms with van der Waals surface area (Å²) < 4.78 is 9.24. The van der Waals surface area contributed by atoms with Gasteiger partial charge in [0.05, 0.1) is 51.0 Å². The van der Waals surface area contributed by atoms with E-state index in [4.69, 9.17) is 10.5 Å². The number of ketones is 2. The van der Waals surface area contributed by atoms with E-state index in [-0.39, 0.29) is 50.3 Å². The zero-order valence-corrected chi connectivity index (χ0v) is 33.4.